The van der Waals surface area contributed by atoms with Gasteiger partial charge in [0.1, 0.15) is 11.5 Å². The maximum absolute atomic E-state index is 12.5. The number of hydrogen-bond donors (Lipinski definition) is 1. The van der Waals surface area contributed by atoms with Crippen molar-refractivity contribution in [1.29, 1.82) is 0 Å². The van der Waals surface area contributed by atoms with E-state index >= 15 is 0 Å². The van der Waals surface area contributed by atoms with Gasteiger partial charge in [-0.3, -0.25) is 4.79 Å². The second kappa shape index (κ2) is 8.94. The summed E-state index contributed by atoms with van der Waals surface area (Å²) in [6, 6.07) is 16.1. The van der Waals surface area contributed by atoms with E-state index in [1.165, 1.54) is 18.4 Å². The molecule has 0 spiro atoms. The third kappa shape index (κ3) is 4.82. The zero-order chi connectivity index (χ0) is 19.1. The van der Waals surface area contributed by atoms with E-state index in [-0.39, 0.29) is 11.3 Å². The largest absolute Gasteiger partial charge is 0.497 e. The first-order valence-corrected chi connectivity index (χ1v) is 9.78. The molecule has 2 aromatic rings. The molecular formula is C23H29NO3. The van der Waals surface area contributed by atoms with Crippen molar-refractivity contribution >= 4 is 5.91 Å². The Morgan fingerprint density at radius 2 is 1.63 bits per heavy atom. The van der Waals surface area contributed by atoms with Crippen molar-refractivity contribution in [2.24, 2.45) is 0 Å². The lowest BCUT2D eigenvalue weighted by Gasteiger charge is -2.30. The number of rotatable bonds is 8. The fourth-order valence-corrected chi connectivity index (χ4v) is 3.95. The minimum absolute atomic E-state index is 0.0424. The summed E-state index contributed by atoms with van der Waals surface area (Å²) in [5.74, 6) is 1.77. The molecule has 4 nitrogen and oxygen atoms in total. The van der Waals surface area contributed by atoms with Crippen molar-refractivity contribution in [3.8, 4) is 11.5 Å². The van der Waals surface area contributed by atoms with Gasteiger partial charge in [0.25, 0.3) is 0 Å². The first-order chi connectivity index (χ1) is 13.1. The molecule has 1 aliphatic rings. The molecule has 0 aromatic heterocycles. The van der Waals surface area contributed by atoms with Crippen LogP contribution in [0.3, 0.4) is 0 Å². The van der Waals surface area contributed by atoms with Crippen LogP contribution < -0.4 is 14.8 Å². The number of methoxy groups -OCH3 is 1. The van der Waals surface area contributed by atoms with E-state index < -0.39 is 0 Å². The summed E-state index contributed by atoms with van der Waals surface area (Å²) in [7, 11) is 1.68. The number of amides is 1. The molecule has 0 unspecified atom stereocenters. The summed E-state index contributed by atoms with van der Waals surface area (Å²) in [6.07, 6.45) is 5.04. The summed E-state index contributed by atoms with van der Waals surface area (Å²) in [4.78, 5) is 12.5. The van der Waals surface area contributed by atoms with E-state index in [2.05, 4.69) is 17.4 Å². The second-order valence-corrected chi connectivity index (χ2v) is 7.25. The topological polar surface area (TPSA) is 47.6 Å². The first-order valence-electron chi connectivity index (χ1n) is 9.78. The van der Waals surface area contributed by atoms with Crippen LogP contribution in [0.25, 0.3) is 0 Å². The van der Waals surface area contributed by atoms with Crippen molar-refractivity contribution in [3.63, 3.8) is 0 Å². The Bertz CT molecular complexity index is 731. The van der Waals surface area contributed by atoms with E-state index in [0.29, 0.717) is 19.6 Å². The van der Waals surface area contributed by atoms with E-state index in [0.717, 1.165) is 29.9 Å². The van der Waals surface area contributed by atoms with Crippen LogP contribution in [0.1, 0.15) is 43.7 Å². The van der Waals surface area contributed by atoms with Gasteiger partial charge in [-0.2, -0.15) is 0 Å². The maximum atomic E-state index is 12.5. The molecule has 0 saturated heterocycles. The molecule has 1 amide bonds. The Labute approximate surface area is 161 Å². The van der Waals surface area contributed by atoms with E-state index in [9.17, 15) is 4.79 Å². The molecule has 27 heavy (non-hydrogen) atoms. The lowest BCUT2D eigenvalue weighted by atomic mass is 9.78. The van der Waals surface area contributed by atoms with Crippen LogP contribution in [0.2, 0.25) is 0 Å². The molecule has 2 aromatic carbocycles. The average molecular weight is 367 g/mol. The highest BCUT2D eigenvalue weighted by atomic mass is 16.5. The molecule has 4 heteroatoms. The summed E-state index contributed by atoms with van der Waals surface area (Å²) >= 11 is 0. The summed E-state index contributed by atoms with van der Waals surface area (Å²) < 4.78 is 10.7. The quantitative estimate of drug-likeness (QED) is 0.758. The van der Waals surface area contributed by atoms with Crippen LogP contribution in [0.5, 0.6) is 11.5 Å². The molecule has 1 saturated carbocycles. The Kier molecular flexibility index (Phi) is 6.38. The number of hydrogen-bond acceptors (Lipinski definition) is 3. The van der Waals surface area contributed by atoms with Crippen LogP contribution in [-0.2, 0) is 16.6 Å². The first kappa shape index (κ1) is 19.3. The predicted octanol–water partition coefficient (Wildman–Crippen LogP) is 4.26. The van der Waals surface area contributed by atoms with Gasteiger partial charge in [-0.1, -0.05) is 37.1 Å². The predicted molar refractivity (Wildman–Crippen MR) is 107 cm³/mol. The van der Waals surface area contributed by atoms with Crippen molar-refractivity contribution < 1.29 is 14.3 Å². The summed E-state index contributed by atoms with van der Waals surface area (Å²) in [5.41, 5.74) is 2.34. The standard InChI is InChI=1S/C23H29NO3/c1-3-27-21-10-6-18(7-11-21)16-22(25)24-17-23(14-4-5-15-23)19-8-12-20(26-2)13-9-19/h6-13H,3-5,14-17H2,1-2H3,(H,24,25). The lowest BCUT2D eigenvalue weighted by Crippen LogP contribution is -2.39. The zero-order valence-electron chi connectivity index (χ0n) is 16.3. The zero-order valence-corrected chi connectivity index (χ0v) is 16.3. The molecule has 1 aliphatic carbocycles. The monoisotopic (exact) mass is 367 g/mol. The Morgan fingerprint density at radius 3 is 2.22 bits per heavy atom. The molecule has 0 bridgehead atoms. The van der Waals surface area contributed by atoms with Crippen LogP contribution in [-0.4, -0.2) is 26.2 Å². The van der Waals surface area contributed by atoms with Crippen molar-refractivity contribution in [1.82, 2.24) is 5.32 Å². The third-order valence-electron chi connectivity index (χ3n) is 5.49. The van der Waals surface area contributed by atoms with Crippen molar-refractivity contribution in [3.05, 3.63) is 59.7 Å². The minimum Gasteiger partial charge on any atom is -0.497 e. The molecule has 0 atom stereocenters. The van der Waals surface area contributed by atoms with Crippen molar-refractivity contribution in [2.75, 3.05) is 20.3 Å². The number of carbonyl (C=O) groups excluding carboxylic acids is 1. The Hall–Kier alpha value is -2.49. The van der Waals surface area contributed by atoms with Crippen LogP contribution in [0.4, 0.5) is 0 Å². The fourth-order valence-electron chi connectivity index (χ4n) is 3.95. The SMILES string of the molecule is CCOc1ccc(CC(=O)NCC2(c3ccc(OC)cc3)CCCC2)cc1. The normalized spacial score (nSPS) is 15.3. The minimum atomic E-state index is 0.0424. The van der Waals surface area contributed by atoms with Crippen LogP contribution >= 0.6 is 0 Å². The van der Waals surface area contributed by atoms with Gasteiger partial charge in [-0.25, -0.2) is 0 Å². The van der Waals surface area contributed by atoms with Crippen LogP contribution in [0.15, 0.2) is 48.5 Å². The number of benzene rings is 2. The molecule has 0 radical (unpaired) electrons. The van der Waals surface area contributed by atoms with Crippen molar-refractivity contribution in [2.45, 2.75) is 44.4 Å². The van der Waals surface area contributed by atoms with Crippen LogP contribution in [0, 0.1) is 0 Å². The molecule has 1 N–H and O–H groups in total. The number of carbonyl (C=O) groups is 1. The van der Waals surface area contributed by atoms with Gasteiger partial charge in [-0.05, 0) is 55.2 Å². The Morgan fingerprint density at radius 1 is 1.00 bits per heavy atom. The summed E-state index contributed by atoms with van der Waals surface area (Å²) in [6.45, 7) is 3.30. The summed E-state index contributed by atoms with van der Waals surface area (Å²) in [5, 5.41) is 3.18. The number of ether oxygens (including phenoxy) is 2. The highest BCUT2D eigenvalue weighted by Crippen LogP contribution is 2.41. The highest BCUT2D eigenvalue weighted by molar-refractivity contribution is 5.78. The van der Waals surface area contributed by atoms with Gasteiger partial charge in [0.05, 0.1) is 20.1 Å². The fraction of sp³-hybridized carbons (Fsp3) is 0.435. The highest BCUT2D eigenvalue weighted by Gasteiger charge is 2.35. The smallest absolute Gasteiger partial charge is 0.224 e. The maximum Gasteiger partial charge on any atom is 0.224 e. The van der Waals surface area contributed by atoms with Gasteiger partial charge in [0.15, 0.2) is 0 Å². The molecular weight excluding hydrogens is 338 g/mol. The molecule has 1 fully saturated rings. The van der Waals surface area contributed by atoms with E-state index in [1.54, 1.807) is 7.11 Å². The third-order valence-corrected chi connectivity index (χ3v) is 5.49. The van der Waals surface area contributed by atoms with Gasteiger partial charge >= 0.3 is 0 Å². The molecule has 0 heterocycles. The molecule has 0 aliphatic heterocycles. The van der Waals surface area contributed by atoms with Gasteiger partial charge < -0.3 is 14.8 Å². The second-order valence-electron chi connectivity index (χ2n) is 7.25. The lowest BCUT2D eigenvalue weighted by molar-refractivity contribution is -0.120. The average Bonchev–Trinajstić information content (AvgIpc) is 3.18. The molecule has 3 rings (SSSR count). The molecule has 144 valence electrons. The van der Waals surface area contributed by atoms with E-state index in [1.807, 2.05) is 43.3 Å². The van der Waals surface area contributed by atoms with E-state index in [4.69, 9.17) is 9.47 Å². The number of nitrogens with one attached hydrogen (secondary N) is 1. The van der Waals surface area contributed by atoms with Gasteiger partial charge in [-0.15, -0.1) is 0 Å². The Balaban J connectivity index is 1.61. The van der Waals surface area contributed by atoms with Gasteiger partial charge in [0.2, 0.25) is 5.91 Å². The van der Waals surface area contributed by atoms with Gasteiger partial charge in [0, 0.05) is 12.0 Å².